The van der Waals surface area contributed by atoms with E-state index in [1.54, 1.807) is 0 Å². The minimum absolute atomic E-state index is 0.111. The average Bonchev–Trinajstić information content (AvgIpc) is 3.06. The lowest BCUT2D eigenvalue weighted by atomic mass is 9.78. The Balaban J connectivity index is 1.48. The summed E-state index contributed by atoms with van der Waals surface area (Å²) in [5.41, 5.74) is 2.27. The summed E-state index contributed by atoms with van der Waals surface area (Å²) in [6.07, 6.45) is 0.845. The van der Waals surface area contributed by atoms with Crippen molar-refractivity contribution in [3.8, 4) is 0 Å². The maximum absolute atomic E-state index is 10.8. The SMILES string of the molecule is C[C@H]1C[C@H]2[C@H](OCc3ccccc3)[C@H](OCc3ccccc3)[C@H](O)C[C@H]2N1. The van der Waals surface area contributed by atoms with Crippen LogP contribution in [0.3, 0.4) is 0 Å². The van der Waals surface area contributed by atoms with Gasteiger partial charge < -0.3 is 19.9 Å². The highest BCUT2D eigenvalue weighted by Gasteiger charge is 2.49. The van der Waals surface area contributed by atoms with Crippen molar-refractivity contribution in [2.75, 3.05) is 0 Å². The van der Waals surface area contributed by atoms with Crippen molar-refractivity contribution < 1.29 is 14.6 Å². The van der Waals surface area contributed by atoms with Gasteiger partial charge in [0.1, 0.15) is 6.10 Å². The summed E-state index contributed by atoms with van der Waals surface area (Å²) in [7, 11) is 0. The molecule has 4 rings (SSSR count). The Kier molecular flexibility index (Phi) is 5.89. The van der Waals surface area contributed by atoms with Gasteiger partial charge in [-0.25, -0.2) is 0 Å². The topological polar surface area (TPSA) is 50.7 Å². The molecule has 0 unspecified atom stereocenters. The number of nitrogens with one attached hydrogen (secondary N) is 1. The van der Waals surface area contributed by atoms with E-state index < -0.39 is 6.10 Å². The van der Waals surface area contributed by atoms with Crippen molar-refractivity contribution >= 4 is 0 Å². The van der Waals surface area contributed by atoms with E-state index in [-0.39, 0.29) is 12.2 Å². The molecule has 2 N–H and O–H groups in total. The molecule has 1 heterocycles. The van der Waals surface area contributed by atoms with Crippen molar-refractivity contribution in [3.05, 3.63) is 71.8 Å². The van der Waals surface area contributed by atoms with E-state index in [1.807, 2.05) is 36.4 Å². The number of aliphatic hydroxyl groups is 1. The van der Waals surface area contributed by atoms with Gasteiger partial charge in [-0.1, -0.05) is 60.7 Å². The molecule has 0 aromatic heterocycles. The zero-order valence-electron chi connectivity index (χ0n) is 15.8. The molecule has 2 aromatic carbocycles. The summed E-state index contributed by atoms with van der Waals surface area (Å²) in [5.74, 6) is 0.368. The van der Waals surface area contributed by atoms with Gasteiger partial charge >= 0.3 is 0 Å². The summed E-state index contributed by atoms with van der Waals surface area (Å²) in [6.45, 7) is 3.24. The monoisotopic (exact) mass is 367 g/mol. The number of benzene rings is 2. The van der Waals surface area contributed by atoms with E-state index >= 15 is 0 Å². The van der Waals surface area contributed by atoms with E-state index in [9.17, 15) is 5.11 Å². The molecule has 4 heteroatoms. The number of fused-ring (bicyclic) bond motifs is 1. The highest BCUT2D eigenvalue weighted by molar-refractivity contribution is 5.15. The third-order valence-corrected chi connectivity index (χ3v) is 5.83. The molecule has 2 aliphatic rings. The lowest BCUT2D eigenvalue weighted by Crippen LogP contribution is -2.55. The molecule has 2 fully saturated rings. The van der Waals surface area contributed by atoms with Crippen molar-refractivity contribution in [1.82, 2.24) is 5.32 Å². The Bertz CT molecular complexity index is 708. The number of hydrogen-bond donors (Lipinski definition) is 2. The molecule has 0 spiro atoms. The van der Waals surface area contributed by atoms with Crippen LogP contribution < -0.4 is 5.32 Å². The van der Waals surface area contributed by atoms with Crippen LogP contribution in [0.1, 0.15) is 30.9 Å². The van der Waals surface area contributed by atoms with Gasteiger partial charge in [-0.3, -0.25) is 0 Å². The second-order valence-electron chi connectivity index (χ2n) is 7.90. The van der Waals surface area contributed by atoms with Gasteiger partial charge in [-0.2, -0.15) is 0 Å². The van der Waals surface area contributed by atoms with Crippen molar-refractivity contribution in [2.24, 2.45) is 5.92 Å². The molecule has 6 atom stereocenters. The predicted molar refractivity (Wildman–Crippen MR) is 105 cm³/mol. The molecule has 4 nitrogen and oxygen atoms in total. The molecule has 1 aliphatic heterocycles. The Morgan fingerprint density at radius 2 is 1.41 bits per heavy atom. The smallest absolute Gasteiger partial charge is 0.110 e. The number of rotatable bonds is 6. The highest BCUT2D eigenvalue weighted by atomic mass is 16.5. The van der Waals surface area contributed by atoms with E-state index in [1.165, 1.54) is 0 Å². The molecule has 0 radical (unpaired) electrons. The number of ether oxygens (including phenoxy) is 2. The summed E-state index contributed by atoms with van der Waals surface area (Å²) in [5, 5.41) is 14.4. The van der Waals surface area contributed by atoms with Crippen LogP contribution in [0.25, 0.3) is 0 Å². The first kappa shape index (κ1) is 18.6. The Morgan fingerprint density at radius 1 is 0.852 bits per heavy atom. The lowest BCUT2D eigenvalue weighted by Gasteiger charge is -2.42. The van der Waals surface area contributed by atoms with E-state index in [4.69, 9.17) is 9.47 Å². The van der Waals surface area contributed by atoms with Crippen LogP contribution in [0.5, 0.6) is 0 Å². The Morgan fingerprint density at radius 3 is 2.00 bits per heavy atom. The normalized spacial score (nSPS) is 33.0. The van der Waals surface area contributed by atoms with Crippen LogP contribution in [-0.2, 0) is 22.7 Å². The third kappa shape index (κ3) is 4.41. The molecule has 0 amide bonds. The van der Waals surface area contributed by atoms with Gasteiger partial charge in [0.05, 0.1) is 25.4 Å². The van der Waals surface area contributed by atoms with Crippen LogP contribution in [0.2, 0.25) is 0 Å². The maximum Gasteiger partial charge on any atom is 0.110 e. The molecule has 1 saturated heterocycles. The zero-order chi connectivity index (χ0) is 18.6. The Labute approximate surface area is 161 Å². The fourth-order valence-electron chi connectivity index (χ4n) is 4.55. The molecular weight excluding hydrogens is 338 g/mol. The van der Waals surface area contributed by atoms with Gasteiger partial charge in [0, 0.05) is 18.0 Å². The van der Waals surface area contributed by atoms with Crippen LogP contribution in [-0.4, -0.2) is 35.5 Å². The summed E-state index contributed by atoms with van der Waals surface area (Å²) in [4.78, 5) is 0. The Hall–Kier alpha value is -1.72. The molecule has 27 heavy (non-hydrogen) atoms. The summed E-state index contributed by atoms with van der Waals surface area (Å²) in [6, 6.07) is 21.1. The molecule has 144 valence electrons. The first-order chi connectivity index (χ1) is 13.2. The van der Waals surface area contributed by atoms with Crippen molar-refractivity contribution in [3.63, 3.8) is 0 Å². The first-order valence-electron chi connectivity index (χ1n) is 9.96. The van der Waals surface area contributed by atoms with Gasteiger partial charge in [-0.05, 0) is 30.9 Å². The number of aliphatic hydroxyl groups excluding tert-OH is 1. The number of hydrogen-bond acceptors (Lipinski definition) is 4. The second kappa shape index (κ2) is 8.53. The van der Waals surface area contributed by atoms with Gasteiger partial charge in [0.25, 0.3) is 0 Å². The van der Waals surface area contributed by atoms with Gasteiger partial charge in [0.15, 0.2) is 0 Å². The van der Waals surface area contributed by atoms with Crippen LogP contribution in [0, 0.1) is 5.92 Å². The van der Waals surface area contributed by atoms with Gasteiger partial charge in [-0.15, -0.1) is 0 Å². The van der Waals surface area contributed by atoms with Crippen LogP contribution in [0.15, 0.2) is 60.7 Å². The maximum atomic E-state index is 10.8. The molecule has 1 aliphatic carbocycles. The van der Waals surface area contributed by atoms with Crippen molar-refractivity contribution in [1.29, 1.82) is 0 Å². The third-order valence-electron chi connectivity index (χ3n) is 5.83. The van der Waals surface area contributed by atoms with E-state index in [0.29, 0.717) is 31.2 Å². The minimum atomic E-state index is -0.520. The predicted octanol–water partition coefficient (Wildman–Crippen LogP) is 3.29. The van der Waals surface area contributed by atoms with Gasteiger partial charge in [0.2, 0.25) is 0 Å². The molecular formula is C23H29NO3. The zero-order valence-corrected chi connectivity index (χ0v) is 15.8. The fourth-order valence-corrected chi connectivity index (χ4v) is 4.55. The van der Waals surface area contributed by atoms with Crippen molar-refractivity contribution in [2.45, 2.75) is 63.4 Å². The quantitative estimate of drug-likeness (QED) is 0.823. The fraction of sp³-hybridized carbons (Fsp3) is 0.478. The largest absolute Gasteiger partial charge is 0.390 e. The average molecular weight is 367 g/mol. The standard InChI is InChI=1S/C23H29NO3/c1-16-12-19-20(24-16)13-21(25)23(27-15-18-10-6-3-7-11-18)22(19)26-14-17-8-4-2-5-9-17/h2-11,16,19-25H,12-15H2,1H3/t16-,19+,20+,21+,22-,23+/m0/s1. The van der Waals surface area contributed by atoms with Crippen LogP contribution >= 0.6 is 0 Å². The lowest BCUT2D eigenvalue weighted by molar-refractivity contribution is -0.173. The summed E-state index contributed by atoms with van der Waals surface area (Å²) >= 11 is 0. The summed E-state index contributed by atoms with van der Waals surface area (Å²) < 4.78 is 12.6. The van der Waals surface area contributed by atoms with Crippen LogP contribution in [0.4, 0.5) is 0 Å². The minimum Gasteiger partial charge on any atom is -0.390 e. The molecule has 0 bridgehead atoms. The molecule has 1 saturated carbocycles. The molecule has 2 aromatic rings. The highest BCUT2D eigenvalue weighted by Crippen LogP contribution is 2.37. The first-order valence-corrected chi connectivity index (χ1v) is 9.96. The van der Waals surface area contributed by atoms with E-state index in [2.05, 4.69) is 36.5 Å². The van der Waals surface area contributed by atoms with E-state index in [0.717, 1.165) is 24.0 Å². The second-order valence-corrected chi connectivity index (χ2v) is 7.90.